The van der Waals surface area contributed by atoms with Crippen LogP contribution in [0.4, 0.5) is 0 Å². The molecule has 17 heavy (non-hydrogen) atoms. The molecule has 0 amide bonds. The maximum Gasteiger partial charge on any atom is 0.106 e. The van der Waals surface area contributed by atoms with Crippen LogP contribution in [0.2, 0.25) is 0 Å². The molecule has 0 fully saturated rings. The van der Waals surface area contributed by atoms with E-state index in [9.17, 15) is 5.11 Å². The van der Waals surface area contributed by atoms with Gasteiger partial charge in [0.2, 0.25) is 0 Å². The van der Waals surface area contributed by atoms with Gasteiger partial charge in [-0.05, 0) is 37.8 Å². The summed E-state index contributed by atoms with van der Waals surface area (Å²) in [5.41, 5.74) is 2.24. The second kappa shape index (κ2) is 5.69. The summed E-state index contributed by atoms with van der Waals surface area (Å²) in [6.07, 6.45) is 3.99. The van der Waals surface area contributed by atoms with Crippen molar-refractivity contribution < 1.29 is 9.52 Å². The van der Waals surface area contributed by atoms with Gasteiger partial charge in [-0.2, -0.15) is 0 Å². The molecule has 2 heteroatoms. The summed E-state index contributed by atoms with van der Waals surface area (Å²) in [6, 6.07) is 12.2. The molecule has 2 aromatic rings. The van der Waals surface area contributed by atoms with Gasteiger partial charge in [0.25, 0.3) is 0 Å². The Balaban J connectivity index is 1.81. The van der Waals surface area contributed by atoms with Crippen LogP contribution in [-0.2, 0) is 6.42 Å². The Kier molecular flexibility index (Phi) is 3.99. The highest BCUT2D eigenvalue weighted by Crippen LogP contribution is 2.23. The molecule has 1 heterocycles. The fourth-order valence-electron chi connectivity index (χ4n) is 2.04. The molecule has 0 radical (unpaired) electrons. The average molecular weight is 230 g/mol. The van der Waals surface area contributed by atoms with Crippen molar-refractivity contribution in [2.75, 3.05) is 0 Å². The first-order valence-corrected chi connectivity index (χ1v) is 6.03. The molecule has 1 atom stereocenters. The van der Waals surface area contributed by atoms with E-state index in [4.69, 9.17) is 4.42 Å². The molecule has 0 aliphatic rings. The van der Waals surface area contributed by atoms with Crippen molar-refractivity contribution >= 4 is 0 Å². The molecule has 1 aromatic heterocycles. The highest BCUT2D eigenvalue weighted by atomic mass is 16.3. The fraction of sp³-hybridized carbons (Fsp3) is 0.333. The zero-order valence-electron chi connectivity index (χ0n) is 10.1. The van der Waals surface area contributed by atoms with Crippen LogP contribution in [0.15, 0.2) is 47.1 Å². The third-order valence-electron chi connectivity index (χ3n) is 3.04. The lowest BCUT2D eigenvalue weighted by molar-refractivity contribution is 0.163. The van der Waals surface area contributed by atoms with Gasteiger partial charge in [0.1, 0.15) is 5.76 Å². The predicted molar refractivity (Wildman–Crippen MR) is 67.8 cm³/mol. The second-order valence-corrected chi connectivity index (χ2v) is 4.33. The Hall–Kier alpha value is -1.54. The van der Waals surface area contributed by atoms with Gasteiger partial charge in [-0.15, -0.1) is 0 Å². The van der Waals surface area contributed by atoms with E-state index in [2.05, 4.69) is 12.1 Å². The van der Waals surface area contributed by atoms with E-state index < -0.39 is 6.10 Å². The summed E-state index contributed by atoms with van der Waals surface area (Å²) in [7, 11) is 0. The molecule has 0 saturated carbocycles. The van der Waals surface area contributed by atoms with E-state index in [1.54, 1.807) is 6.26 Å². The van der Waals surface area contributed by atoms with E-state index in [0.717, 1.165) is 30.6 Å². The Labute approximate surface area is 102 Å². The molecule has 1 unspecified atom stereocenters. The molecule has 0 spiro atoms. The van der Waals surface area contributed by atoms with E-state index in [-0.39, 0.29) is 0 Å². The largest absolute Gasteiger partial charge is 0.469 e. The number of hydrogen-bond acceptors (Lipinski definition) is 2. The summed E-state index contributed by atoms with van der Waals surface area (Å²) in [6.45, 7) is 1.88. The first kappa shape index (κ1) is 11.9. The smallest absolute Gasteiger partial charge is 0.106 e. The molecular weight excluding hydrogens is 212 g/mol. The van der Waals surface area contributed by atoms with E-state index >= 15 is 0 Å². The molecule has 90 valence electrons. The maximum atomic E-state index is 10.0. The Bertz CT molecular complexity index is 445. The van der Waals surface area contributed by atoms with Gasteiger partial charge in [0, 0.05) is 5.56 Å². The Morgan fingerprint density at radius 2 is 1.94 bits per heavy atom. The molecule has 2 rings (SSSR count). The number of benzene rings is 1. The van der Waals surface area contributed by atoms with Crippen molar-refractivity contribution in [3.63, 3.8) is 0 Å². The van der Waals surface area contributed by atoms with Crippen molar-refractivity contribution in [1.82, 2.24) is 0 Å². The lowest BCUT2D eigenvalue weighted by atomic mass is 10.0. The van der Waals surface area contributed by atoms with E-state index in [1.807, 2.05) is 31.2 Å². The maximum absolute atomic E-state index is 10.0. The summed E-state index contributed by atoms with van der Waals surface area (Å²) < 4.78 is 5.19. The minimum Gasteiger partial charge on any atom is -0.469 e. The second-order valence-electron chi connectivity index (χ2n) is 4.33. The summed E-state index contributed by atoms with van der Waals surface area (Å²) in [5.74, 6) is 0.817. The van der Waals surface area contributed by atoms with Crippen LogP contribution in [0.3, 0.4) is 0 Å². The van der Waals surface area contributed by atoms with Gasteiger partial charge >= 0.3 is 0 Å². The van der Waals surface area contributed by atoms with Gasteiger partial charge in [-0.1, -0.05) is 30.3 Å². The zero-order valence-corrected chi connectivity index (χ0v) is 10.1. The standard InChI is InChI=1S/C15H18O2/c1-12-14(10-11-17-12)15(16)9-5-8-13-6-3-2-4-7-13/h2-4,6-7,10-11,15-16H,5,8-9H2,1H3. The van der Waals surface area contributed by atoms with Gasteiger partial charge in [-0.25, -0.2) is 0 Å². The van der Waals surface area contributed by atoms with Crippen molar-refractivity contribution in [1.29, 1.82) is 0 Å². The van der Waals surface area contributed by atoms with Crippen molar-refractivity contribution in [2.45, 2.75) is 32.3 Å². The van der Waals surface area contributed by atoms with Crippen LogP contribution in [-0.4, -0.2) is 5.11 Å². The first-order chi connectivity index (χ1) is 8.27. The van der Waals surface area contributed by atoms with Crippen LogP contribution >= 0.6 is 0 Å². The minimum atomic E-state index is -0.405. The van der Waals surface area contributed by atoms with Crippen LogP contribution < -0.4 is 0 Å². The molecule has 1 N–H and O–H groups in total. The van der Waals surface area contributed by atoms with Gasteiger partial charge in [0.05, 0.1) is 12.4 Å². The SMILES string of the molecule is Cc1occc1C(O)CCCc1ccccc1. The number of hydrogen-bond donors (Lipinski definition) is 1. The number of furan rings is 1. The molecular formula is C15H18O2. The number of aliphatic hydroxyl groups excluding tert-OH is 1. The highest BCUT2D eigenvalue weighted by molar-refractivity contribution is 5.18. The van der Waals surface area contributed by atoms with Gasteiger partial charge < -0.3 is 9.52 Å². The number of aliphatic hydroxyl groups is 1. The number of aryl methyl sites for hydroxylation is 2. The zero-order chi connectivity index (χ0) is 12.1. The Morgan fingerprint density at radius 1 is 1.18 bits per heavy atom. The third kappa shape index (κ3) is 3.21. The molecule has 1 aromatic carbocycles. The van der Waals surface area contributed by atoms with Crippen LogP contribution in [0.1, 0.15) is 35.8 Å². The monoisotopic (exact) mass is 230 g/mol. The topological polar surface area (TPSA) is 33.4 Å². The lowest BCUT2D eigenvalue weighted by Crippen LogP contribution is -1.98. The fourth-order valence-corrected chi connectivity index (χ4v) is 2.04. The highest BCUT2D eigenvalue weighted by Gasteiger charge is 2.11. The molecule has 0 aliphatic heterocycles. The quantitative estimate of drug-likeness (QED) is 0.850. The predicted octanol–water partition coefficient (Wildman–Crippen LogP) is 3.64. The normalized spacial score (nSPS) is 12.6. The van der Waals surface area contributed by atoms with Crippen molar-refractivity contribution in [3.8, 4) is 0 Å². The molecule has 2 nitrogen and oxygen atoms in total. The van der Waals surface area contributed by atoms with Crippen molar-refractivity contribution in [2.24, 2.45) is 0 Å². The van der Waals surface area contributed by atoms with Crippen LogP contribution in [0.25, 0.3) is 0 Å². The average Bonchev–Trinajstić information content (AvgIpc) is 2.77. The summed E-state index contributed by atoms with van der Waals surface area (Å²) in [4.78, 5) is 0. The Morgan fingerprint density at radius 3 is 2.59 bits per heavy atom. The third-order valence-corrected chi connectivity index (χ3v) is 3.04. The van der Waals surface area contributed by atoms with E-state index in [0.29, 0.717) is 0 Å². The van der Waals surface area contributed by atoms with Crippen LogP contribution in [0.5, 0.6) is 0 Å². The summed E-state index contributed by atoms with van der Waals surface area (Å²) >= 11 is 0. The van der Waals surface area contributed by atoms with Gasteiger partial charge in [0.15, 0.2) is 0 Å². The van der Waals surface area contributed by atoms with E-state index in [1.165, 1.54) is 5.56 Å². The molecule has 0 saturated heterocycles. The van der Waals surface area contributed by atoms with Gasteiger partial charge in [-0.3, -0.25) is 0 Å². The van der Waals surface area contributed by atoms with Crippen molar-refractivity contribution in [3.05, 3.63) is 59.5 Å². The molecule has 0 aliphatic carbocycles. The van der Waals surface area contributed by atoms with Crippen LogP contribution in [0, 0.1) is 6.92 Å². The molecule has 0 bridgehead atoms. The first-order valence-electron chi connectivity index (χ1n) is 6.03. The number of rotatable bonds is 5. The minimum absolute atomic E-state index is 0.405. The lowest BCUT2D eigenvalue weighted by Gasteiger charge is -2.09. The summed E-state index contributed by atoms with van der Waals surface area (Å²) in [5, 5.41) is 10.0.